The molecule has 4 rings (SSSR count). The van der Waals surface area contributed by atoms with Crippen LogP contribution in [0.25, 0.3) is 0 Å². The number of ether oxygens (including phenoxy) is 1. The van der Waals surface area contributed by atoms with E-state index >= 15 is 0 Å². The van der Waals surface area contributed by atoms with Crippen molar-refractivity contribution in [3.05, 3.63) is 89.4 Å². The van der Waals surface area contributed by atoms with Gasteiger partial charge < -0.3 is 9.64 Å². The third-order valence-electron chi connectivity index (χ3n) is 4.85. The molecule has 0 amide bonds. The van der Waals surface area contributed by atoms with Gasteiger partial charge in [-0.05, 0) is 54.1 Å². The van der Waals surface area contributed by atoms with E-state index in [1.54, 1.807) is 0 Å². The summed E-state index contributed by atoms with van der Waals surface area (Å²) in [6, 6.07) is 26.4. The first-order valence-electron chi connectivity index (χ1n) is 9.31. The Hall–Kier alpha value is -2.49. The highest BCUT2D eigenvalue weighted by Crippen LogP contribution is 2.24. The van der Waals surface area contributed by atoms with Crippen LogP contribution in [-0.2, 0) is 6.54 Å². The lowest BCUT2D eigenvalue weighted by Gasteiger charge is -2.36. The van der Waals surface area contributed by atoms with Gasteiger partial charge in [0.25, 0.3) is 0 Å². The molecule has 1 fully saturated rings. The number of piperazine rings is 1. The summed E-state index contributed by atoms with van der Waals surface area (Å²) in [6.07, 6.45) is 0. The third-order valence-corrected chi connectivity index (χ3v) is 5.10. The summed E-state index contributed by atoms with van der Waals surface area (Å²) in [5.41, 5.74) is 2.59. The zero-order valence-electron chi connectivity index (χ0n) is 15.2. The molecule has 0 spiro atoms. The molecule has 0 radical (unpaired) electrons. The van der Waals surface area contributed by atoms with Crippen molar-refractivity contribution in [3.63, 3.8) is 0 Å². The highest BCUT2D eigenvalue weighted by atomic mass is 35.5. The quantitative estimate of drug-likeness (QED) is 0.586. The lowest BCUT2D eigenvalue weighted by Crippen LogP contribution is -2.45. The molecule has 27 heavy (non-hydrogen) atoms. The second-order valence-corrected chi connectivity index (χ2v) is 7.24. The Morgan fingerprint density at radius 1 is 0.741 bits per heavy atom. The first-order chi connectivity index (χ1) is 13.3. The summed E-state index contributed by atoms with van der Waals surface area (Å²) in [4.78, 5) is 4.96. The summed E-state index contributed by atoms with van der Waals surface area (Å²) in [6.45, 7) is 5.20. The average molecular weight is 379 g/mol. The maximum atomic E-state index is 5.95. The Morgan fingerprint density at radius 2 is 1.48 bits per heavy atom. The predicted molar refractivity (Wildman–Crippen MR) is 112 cm³/mol. The first-order valence-corrected chi connectivity index (χ1v) is 9.69. The second-order valence-electron chi connectivity index (χ2n) is 6.80. The van der Waals surface area contributed by atoms with Gasteiger partial charge in [-0.1, -0.05) is 41.9 Å². The molecular weight excluding hydrogens is 356 g/mol. The van der Waals surface area contributed by atoms with E-state index in [2.05, 4.69) is 58.3 Å². The number of rotatable bonds is 5. The molecule has 0 N–H and O–H groups in total. The highest BCUT2D eigenvalue weighted by Gasteiger charge is 2.17. The molecule has 1 heterocycles. The molecule has 0 aromatic heterocycles. The van der Waals surface area contributed by atoms with Gasteiger partial charge in [0.15, 0.2) is 0 Å². The van der Waals surface area contributed by atoms with E-state index in [1.807, 2.05) is 30.3 Å². The fourth-order valence-corrected chi connectivity index (χ4v) is 3.53. The molecule has 0 atom stereocenters. The topological polar surface area (TPSA) is 15.7 Å². The lowest BCUT2D eigenvalue weighted by atomic mass is 10.1. The van der Waals surface area contributed by atoms with Gasteiger partial charge in [0.1, 0.15) is 11.5 Å². The van der Waals surface area contributed by atoms with Gasteiger partial charge >= 0.3 is 0 Å². The SMILES string of the molecule is Clc1ccc(Oc2cccc(CN3CCN(c4ccccc4)CC3)c2)cc1. The van der Waals surface area contributed by atoms with Gasteiger partial charge in [0.2, 0.25) is 0 Å². The fraction of sp³-hybridized carbons (Fsp3) is 0.217. The van der Waals surface area contributed by atoms with Crippen LogP contribution in [-0.4, -0.2) is 31.1 Å². The van der Waals surface area contributed by atoms with Crippen LogP contribution in [0.4, 0.5) is 5.69 Å². The normalized spacial score (nSPS) is 14.9. The van der Waals surface area contributed by atoms with Crippen LogP contribution in [0.1, 0.15) is 5.56 Å². The molecule has 4 heteroatoms. The van der Waals surface area contributed by atoms with Crippen LogP contribution in [0.5, 0.6) is 11.5 Å². The van der Waals surface area contributed by atoms with Crippen LogP contribution < -0.4 is 9.64 Å². The van der Waals surface area contributed by atoms with E-state index in [1.165, 1.54) is 11.3 Å². The number of anilines is 1. The maximum Gasteiger partial charge on any atom is 0.127 e. The third kappa shape index (κ3) is 4.82. The van der Waals surface area contributed by atoms with Crippen molar-refractivity contribution >= 4 is 17.3 Å². The van der Waals surface area contributed by atoms with Crippen LogP contribution in [0.15, 0.2) is 78.9 Å². The Bertz CT molecular complexity index is 859. The van der Waals surface area contributed by atoms with E-state index in [9.17, 15) is 0 Å². The van der Waals surface area contributed by atoms with E-state index in [-0.39, 0.29) is 0 Å². The van der Waals surface area contributed by atoms with Gasteiger partial charge in [0.05, 0.1) is 0 Å². The molecule has 0 aliphatic carbocycles. The van der Waals surface area contributed by atoms with Gasteiger partial charge in [0, 0.05) is 43.4 Å². The van der Waals surface area contributed by atoms with Crippen molar-refractivity contribution in [1.29, 1.82) is 0 Å². The van der Waals surface area contributed by atoms with Gasteiger partial charge in [-0.2, -0.15) is 0 Å². The van der Waals surface area contributed by atoms with Crippen molar-refractivity contribution in [2.75, 3.05) is 31.1 Å². The van der Waals surface area contributed by atoms with E-state index in [0.29, 0.717) is 5.02 Å². The summed E-state index contributed by atoms with van der Waals surface area (Å²) < 4.78 is 5.95. The molecule has 0 bridgehead atoms. The fourth-order valence-electron chi connectivity index (χ4n) is 3.41. The van der Waals surface area contributed by atoms with Crippen LogP contribution in [0.2, 0.25) is 5.02 Å². The molecule has 3 aromatic carbocycles. The summed E-state index contributed by atoms with van der Waals surface area (Å²) in [5.74, 6) is 1.66. The number of halogens is 1. The van der Waals surface area contributed by atoms with E-state index in [0.717, 1.165) is 44.2 Å². The molecule has 3 aromatic rings. The highest BCUT2D eigenvalue weighted by molar-refractivity contribution is 6.30. The summed E-state index contributed by atoms with van der Waals surface area (Å²) in [5, 5.41) is 0.714. The monoisotopic (exact) mass is 378 g/mol. The van der Waals surface area contributed by atoms with Gasteiger partial charge in [-0.15, -0.1) is 0 Å². The van der Waals surface area contributed by atoms with E-state index < -0.39 is 0 Å². The molecule has 1 aliphatic rings. The zero-order valence-corrected chi connectivity index (χ0v) is 16.0. The van der Waals surface area contributed by atoms with Crippen molar-refractivity contribution in [2.45, 2.75) is 6.54 Å². The Labute approximate surface area is 165 Å². The van der Waals surface area contributed by atoms with Gasteiger partial charge in [-0.25, -0.2) is 0 Å². The van der Waals surface area contributed by atoms with Crippen LogP contribution in [0, 0.1) is 0 Å². The van der Waals surface area contributed by atoms with Gasteiger partial charge in [-0.3, -0.25) is 4.90 Å². The van der Waals surface area contributed by atoms with Crippen molar-refractivity contribution < 1.29 is 4.74 Å². The smallest absolute Gasteiger partial charge is 0.127 e. The number of nitrogens with zero attached hydrogens (tertiary/aromatic N) is 2. The first kappa shape index (κ1) is 17.9. The number of benzene rings is 3. The van der Waals surface area contributed by atoms with Crippen LogP contribution in [0.3, 0.4) is 0 Å². The molecule has 1 saturated heterocycles. The Morgan fingerprint density at radius 3 is 2.22 bits per heavy atom. The molecule has 1 aliphatic heterocycles. The summed E-state index contributed by atoms with van der Waals surface area (Å²) in [7, 11) is 0. The maximum absolute atomic E-state index is 5.95. The van der Waals surface area contributed by atoms with Crippen molar-refractivity contribution in [3.8, 4) is 11.5 Å². The number of hydrogen-bond acceptors (Lipinski definition) is 3. The Balaban J connectivity index is 1.34. The molecular formula is C23H23ClN2O. The molecule has 0 saturated carbocycles. The number of para-hydroxylation sites is 1. The van der Waals surface area contributed by atoms with Crippen molar-refractivity contribution in [2.24, 2.45) is 0 Å². The van der Waals surface area contributed by atoms with Crippen LogP contribution >= 0.6 is 11.6 Å². The zero-order chi connectivity index (χ0) is 18.5. The molecule has 3 nitrogen and oxygen atoms in total. The minimum absolute atomic E-state index is 0.714. The number of hydrogen-bond donors (Lipinski definition) is 0. The second kappa shape index (κ2) is 8.47. The minimum Gasteiger partial charge on any atom is -0.457 e. The Kier molecular flexibility index (Phi) is 5.61. The molecule has 0 unspecified atom stereocenters. The average Bonchev–Trinajstić information content (AvgIpc) is 2.71. The largest absolute Gasteiger partial charge is 0.457 e. The minimum atomic E-state index is 0.714. The van der Waals surface area contributed by atoms with E-state index in [4.69, 9.17) is 16.3 Å². The predicted octanol–water partition coefficient (Wildman–Crippen LogP) is 5.45. The van der Waals surface area contributed by atoms with Crippen molar-refractivity contribution in [1.82, 2.24) is 4.90 Å². The summed E-state index contributed by atoms with van der Waals surface area (Å²) >= 11 is 5.93. The lowest BCUT2D eigenvalue weighted by molar-refractivity contribution is 0.249. The standard InChI is InChI=1S/C23H23ClN2O/c24-20-9-11-22(12-10-20)27-23-8-4-5-19(17-23)18-25-13-15-26(16-14-25)21-6-2-1-3-7-21/h1-12,17H,13-16,18H2. The molecule has 138 valence electrons.